The van der Waals surface area contributed by atoms with Gasteiger partial charge in [0.15, 0.2) is 5.75 Å². The van der Waals surface area contributed by atoms with Gasteiger partial charge in [-0.1, -0.05) is 30.3 Å². The summed E-state index contributed by atoms with van der Waals surface area (Å²) in [5.41, 5.74) is 0.485. The van der Waals surface area contributed by atoms with Crippen molar-refractivity contribution in [3.05, 3.63) is 54.6 Å². The van der Waals surface area contributed by atoms with Crippen molar-refractivity contribution in [2.45, 2.75) is 9.99 Å². The zero-order valence-corrected chi connectivity index (χ0v) is 11.6. The van der Waals surface area contributed by atoms with E-state index in [4.69, 9.17) is 9.15 Å². The van der Waals surface area contributed by atoms with Crippen LogP contribution in [0.2, 0.25) is 0 Å². The molecule has 0 saturated carbocycles. The van der Waals surface area contributed by atoms with E-state index in [9.17, 15) is 8.42 Å². The first-order chi connectivity index (χ1) is 9.64. The molecule has 0 radical (unpaired) electrons. The molecule has 0 spiro atoms. The summed E-state index contributed by atoms with van der Waals surface area (Å²) < 4.78 is 35.9. The molecule has 0 fully saturated rings. The number of para-hydroxylation sites is 1. The van der Waals surface area contributed by atoms with Gasteiger partial charge >= 0.3 is 0 Å². The maximum Gasteiger partial charge on any atom is 0.266 e. The molecule has 0 atom stereocenters. The SMILES string of the molecule is COc1c(S(=O)(=O)c2ccccc2)oc2ccccc12. The molecule has 102 valence electrons. The van der Waals surface area contributed by atoms with Crippen LogP contribution in [-0.4, -0.2) is 15.5 Å². The minimum Gasteiger partial charge on any atom is -0.491 e. The maximum absolute atomic E-state index is 12.6. The monoisotopic (exact) mass is 288 g/mol. The van der Waals surface area contributed by atoms with Gasteiger partial charge in [-0.25, -0.2) is 8.42 Å². The van der Waals surface area contributed by atoms with Crippen LogP contribution in [0.25, 0.3) is 11.0 Å². The molecule has 1 aromatic heterocycles. The molecule has 3 rings (SSSR count). The van der Waals surface area contributed by atoms with Crippen LogP contribution in [0.4, 0.5) is 0 Å². The summed E-state index contributed by atoms with van der Waals surface area (Å²) in [6.45, 7) is 0. The Hall–Kier alpha value is -2.27. The molecule has 4 nitrogen and oxygen atoms in total. The normalized spacial score (nSPS) is 11.7. The predicted molar refractivity (Wildman–Crippen MR) is 74.7 cm³/mol. The summed E-state index contributed by atoms with van der Waals surface area (Å²) >= 11 is 0. The van der Waals surface area contributed by atoms with Crippen LogP contribution in [0, 0.1) is 0 Å². The second-order valence-corrected chi connectivity index (χ2v) is 6.08. The molecule has 1 heterocycles. The lowest BCUT2D eigenvalue weighted by atomic mass is 10.2. The number of methoxy groups -OCH3 is 1. The van der Waals surface area contributed by atoms with Crippen molar-refractivity contribution in [2.24, 2.45) is 0 Å². The second kappa shape index (κ2) is 4.68. The van der Waals surface area contributed by atoms with E-state index in [0.29, 0.717) is 11.0 Å². The van der Waals surface area contributed by atoms with Crippen LogP contribution in [0.15, 0.2) is 69.0 Å². The van der Waals surface area contributed by atoms with Crippen molar-refractivity contribution in [3.63, 3.8) is 0 Å². The average molecular weight is 288 g/mol. The number of rotatable bonds is 3. The highest BCUT2D eigenvalue weighted by Gasteiger charge is 2.28. The largest absolute Gasteiger partial charge is 0.491 e. The van der Waals surface area contributed by atoms with Crippen molar-refractivity contribution < 1.29 is 17.6 Å². The molecule has 3 aromatic rings. The summed E-state index contributed by atoms with van der Waals surface area (Å²) in [6, 6.07) is 15.2. The van der Waals surface area contributed by atoms with Crippen LogP contribution in [0.5, 0.6) is 5.75 Å². The van der Waals surface area contributed by atoms with Gasteiger partial charge in [0.1, 0.15) is 5.58 Å². The molecule has 0 N–H and O–H groups in total. The van der Waals surface area contributed by atoms with Gasteiger partial charge in [-0.3, -0.25) is 0 Å². The Kier molecular flexibility index (Phi) is 2.99. The van der Waals surface area contributed by atoms with E-state index < -0.39 is 9.84 Å². The van der Waals surface area contributed by atoms with Crippen LogP contribution in [0.1, 0.15) is 0 Å². The van der Waals surface area contributed by atoms with Gasteiger partial charge < -0.3 is 9.15 Å². The van der Waals surface area contributed by atoms with Crippen molar-refractivity contribution >= 4 is 20.8 Å². The molecule has 0 bridgehead atoms. The number of furan rings is 1. The molecule has 0 saturated heterocycles. The van der Waals surface area contributed by atoms with E-state index in [1.807, 2.05) is 0 Å². The number of fused-ring (bicyclic) bond motifs is 1. The topological polar surface area (TPSA) is 56.5 Å². The van der Waals surface area contributed by atoms with Gasteiger partial charge in [-0.2, -0.15) is 0 Å². The van der Waals surface area contributed by atoms with Crippen LogP contribution in [0.3, 0.4) is 0 Å². The Balaban J connectivity index is 2.30. The van der Waals surface area contributed by atoms with E-state index in [1.165, 1.54) is 19.2 Å². The highest BCUT2D eigenvalue weighted by Crippen LogP contribution is 2.38. The zero-order valence-electron chi connectivity index (χ0n) is 10.7. The summed E-state index contributed by atoms with van der Waals surface area (Å²) in [6.07, 6.45) is 0. The van der Waals surface area contributed by atoms with Gasteiger partial charge in [0.05, 0.1) is 17.4 Å². The highest BCUT2D eigenvalue weighted by atomic mass is 32.2. The molecule has 5 heteroatoms. The summed E-state index contributed by atoms with van der Waals surface area (Å²) in [7, 11) is -2.30. The van der Waals surface area contributed by atoms with E-state index in [2.05, 4.69) is 0 Å². The molecular formula is C15H12O4S. The van der Waals surface area contributed by atoms with E-state index in [1.54, 1.807) is 42.5 Å². The minimum absolute atomic E-state index is 0.160. The quantitative estimate of drug-likeness (QED) is 0.742. The minimum atomic E-state index is -3.74. The lowest BCUT2D eigenvalue weighted by Gasteiger charge is -2.03. The number of hydrogen-bond donors (Lipinski definition) is 0. The second-order valence-electron chi connectivity index (χ2n) is 4.24. The lowest BCUT2D eigenvalue weighted by molar-refractivity contribution is 0.372. The number of sulfone groups is 1. The molecule has 0 aliphatic carbocycles. The van der Waals surface area contributed by atoms with Gasteiger partial charge in [0, 0.05) is 0 Å². The third kappa shape index (κ3) is 1.87. The van der Waals surface area contributed by atoms with Crippen LogP contribution >= 0.6 is 0 Å². The molecule has 0 aliphatic heterocycles. The highest BCUT2D eigenvalue weighted by molar-refractivity contribution is 7.91. The van der Waals surface area contributed by atoms with Crippen molar-refractivity contribution in [3.8, 4) is 5.75 Å². The first-order valence-corrected chi connectivity index (χ1v) is 7.48. The third-order valence-corrected chi connectivity index (χ3v) is 4.67. The average Bonchev–Trinajstić information content (AvgIpc) is 2.87. The maximum atomic E-state index is 12.6. The van der Waals surface area contributed by atoms with Gasteiger partial charge in [-0.05, 0) is 24.3 Å². The van der Waals surface area contributed by atoms with Crippen LogP contribution in [-0.2, 0) is 9.84 Å². The number of benzene rings is 2. The van der Waals surface area contributed by atoms with E-state index in [-0.39, 0.29) is 15.7 Å². The molecular weight excluding hydrogens is 276 g/mol. The standard InChI is InChI=1S/C15H12O4S/c1-18-14-12-9-5-6-10-13(12)19-15(14)20(16,17)11-7-3-2-4-8-11/h2-10H,1H3. The zero-order chi connectivity index (χ0) is 14.2. The van der Waals surface area contributed by atoms with Crippen molar-refractivity contribution in [2.75, 3.05) is 7.11 Å². The third-order valence-electron chi connectivity index (χ3n) is 3.02. The smallest absolute Gasteiger partial charge is 0.266 e. The number of ether oxygens (including phenoxy) is 1. The first kappa shape index (κ1) is 12.7. The Labute approximate surface area is 116 Å². The van der Waals surface area contributed by atoms with E-state index >= 15 is 0 Å². The Morgan fingerprint density at radius 1 is 0.950 bits per heavy atom. The van der Waals surface area contributed by atoms with Gasteiger partial charge in [0.25, 0.3) is 5.09 Å². The Morgan fingerprint density at radius 2 is 1.60 bits per heavy atom. The molecule has 20 heavy (non-hydrogen) atoms. The van der Waals surface area contributed by atoms with Gasteiger partial charge in [-0.15, -0.1) is 0 Å². The first-order valence-electron chi connectivity index (χ1n) is 6.00. The fourth-order valence-electron chi connectivity index (χ4n) is 2.08. The fraction of sp³-hybridized carbons (Fsp3) is 0.0667. The Bertz CT molecular complexity index is 848. The molecule has 2 aromatic carbocycles. The van der Waals surface area contributed by atoms with Crippen molar-refractivity contribution in [1.29, 1.82) is 0 Å². The fourth-order valence-corrected chi connectivity index (χ4v) is 3.44. The molecule has 0 aliphatic rings. The van der Waals surface area contributed by atoms with Gasteiger partial charge in [0.2, 0.25) is 9.84 Å². The van der Waals surface area contributed by atoms with Crippen LogP contribution < -0.4 is 4.74 Å². The summed E-state index contributed by atoms with van der Waals surface area (Å²) in [4.78, 5) is 0.178. The lowest BCUT2D eigenvalue weighted by Crippen LogP contribution is -2.02. The van der Waals surface area contributed by atoms with Crippen molar-refractivity contribution in [1.82, 2.24) is 0 Å². The molecule has 0 unspecified atom stereocenters. The summed E-state index contributed by atoms with van der Waals surface area (Å²) in [5, 5.41) is 0.483. The summed E-state index contributed by atoms with van der Waals surface area (Å²) in [5.74, 6) is 0.240. The Morgan fingerprint density at radius 3 is 2.30 bits per heavy atom. The van der Waals surface area contributed by atoms with E-state index in [0.717, 1.165) is 0 Å². The molecule has 0 amide bonds. The number of hydrogen-bond acceptors (Lipinski definition) is 4. The predicted octanol–water partition coefficient (Wildman–Crippen LogP) is 3.27.